The van der Waals surface area contributed by atoms with Crippen molar-refractivity contribution in [3.8, 4) is 5.75 Å². The van der Waals surface area contributed by atoms with E-state index in [-0.39, 0.29) is 17.6 Å². The summed E-state index contributed by atoms with van der Waals surface area (Å²) in [4.78, 5) is 36.5. The summed E-state index contributed by atoms with van der Waals surface area (Å²) in [6, 6.07) is 14.3. The smallest absolute Gasteiger partial charge is 0.251 e. The molecule has 1 aliphatic rings. The Hall–Kier alpha value is -3.15. The fraction of sp³-hybridized carbons (Fsp3) is 0.375. The molecule has 0 aliphatic carbocycles. The number of benzene rings is 2. The summed E-state index contributed by atoms with van der Waals surface area (Å²) >= 11 is 0. The molecule has 1 aliphatic heterocycles. The zero-order chi connectivity index (χ0) is 21.6. The molecule has 0 fully saturated rings. The highest BCUT2D eigenvalue weighted by Crippen LogP contribution is 2.34. The second-order valence-electron chi connectivity index (χ2n) is 8.15. The van der Waals surface area contributed by atoms with Gasteiger partial charge in [-0.05, 0) is 57.0 Å². The van der Waals surface area contributed by atoms with Crippen molar-refractivity contribution in [1.29, 1.82) is 0 Å². The molecule has 2 aromatic carbocycles. The van der Waals surface area contributed by atoms with E-state index in [1.54, 1.807) is 30.3 Å². The van der Waals surface area contributed by atoms with Crippen molar-refractivity contribution in [3.63, 3.8) is 0 Å². The zero-order valence-electron chi connectivity index (χ0n) is 17.5. The Morgan fingerprint density at radius 2 is 1.80 bits per heavy atom. The standard InChI is InChI=1S/C24H28N2O4/c1-24(2)16-20(27)19-15-18(12-13-21(19)30-24)26-22(28)11-7-4-8-14-25-23(29)17-9-5-3-6-10-17/h3,5-6,9-10,12-13,15H,4,7-8,11,14,16H2,1-2H3,(H,25,29)(H,26,28). The fourth-order valence-corrected chi connectivity index (χ4v) is 3.43. The number of ether oxygens (including phenoxy) is 1. The molecule has 30 heavy (non-hydrogen) atoms. The molecule has 2 aromatic rings. The second kappa shape index (κ2) is 9.57. The van der Waals surface area contributed by atoms with Gasteiger partial charge in [0.05, 0.1) is 12.0 Å². The summed E-state index contributed by atoms with van der Waals surface area (Å²) in [5, 5.41) is 5.73. The first-order chi connectivity index (χ1) is 14.3. The number of fused-ring (bicyclic) bond motifs is 1. The van der Waals surface area contributed by atoms with E-state index >= 15 is 0 Å². The number of anilines is 1. The van der Waals surface area contributed by atoms with Gasteiger partial charge >= 0.3 is 0 Å². The van der Waals surface area contributed by atoms with Crippen molar-refractivity contribution in [3.05, 3.63) is 59.7 Å². The molecule has 6 nitrogen and oxygen atoms in total. The van der Waals surface area contributed by atoms with E-state index in [1.165, 1.54) is 0 Å². The van der Waals surface area contributed by atoms with Gasteiger partial charge in [0.15, 0.2) is 5.78 Å². The molecule has 2 amide bonds. The topological polar surface area (TPSA) is 84.5 Å². The van der Waals surface area contributed by atoms with Crippen molar-refractivity contribution in [2.45, 2.75) is 51.6 Å². The Morgan fingerprint density at radius 3 is 2.57 bits per heavy atom. The van der Waals surface area contributed by atoms with Crippen LogP contribution in [0.1, 0.15) is 66.7 Å². The minimum Gasteiger partial charge on any atom is -0.487 e. The average molecular weight is 408 g/mol. The Labute approximate surface area is 177 Å². The number of carbonyl (C=O) groups excluding carboxylic acids is 3. The summed E-state index contributed by atoms with van der Waals surface area (Å²) in [6.07, 6.45) is 3.09. The van der Waals surface area contributed by atoms with Gasteiger partial charge in [0, 0.05) is 24.2 Å². The van der Waals surface area contributed by atoms with Gasteiger partial charge < -0.3 is 15.4 Å². The van der Waals surface area contributed by atoms with Crippen LogP contribution >= 0.6 is 0 Å². The van der Waals surface area contributed by atoms with E-state index in [0.717, 1.165) is 19.3 Å². The predicted octanol–water partition coefficient (Wildman–Crippen LogP) is 4.36. The minimum atomic E-state index is -0.505. The van der Waals surface area contributed by atoms with Crippen molar-refractivity contribution in [2.24, 2.45) is 0 Å². The van der Waals surface area contributed by atoms with Crippen LogP contribution < -0.4 is 15.4 Å². The molecule has 6 heteroatoms. The highest BCUT2D eigenvalue weighted by molar-refractivity contribution is 6.02. The van der Waals surface area contributed by atoms with E-state index in [2.05, 4.69) is 10.6 Å². The van der Waals surface area contributed by atoms with E-state index in [0.29, 0.717) is 42.0 Å². The predicted molar refractivity (Wildman–Crippen MR) is 116 cm³/mol. The monoisotopic (exact) mass is 408 g/mol. The van der Waals surface area contributed by atoms with E-state index in [1.807, 2.05) is 32.0 Å². The number of nitrogens with one attached hydrogen (secondary N) is 2. The zero-order valence-corrected chi connectivity index (χ0v) is 17.5. The molecule has 2 N–H and O–H groups in total. The Bertz CT molecular complexity index is 922. The molecular formula is C24H28N2O4. The van der Waals surface area contributed by atoms with Gasteiger partial charge in [0.1, 0.15) is 11.4 Å². The van der Waals surface area contributed by atoms with Crippen molar-refractivity contribution >= 4 is 23.3 Å². The number of hydrogen-bond donors (Lipinski definition) is 2. The largest absolute Gasteiger partial charge is 0.487 e. The van der Waals surface area contributed by atoms with Gasteiger partial charge in [-0.2, -0.15) is 0 Å². The number of amides is 2. The van der Waals surface area contributed by atoms with Crippen LogP contribution in [0.25, 0.3) is 0 Å². The minimum absolute atomic E-state index is 0.0231. The molecule has 0 unspecified atom stereocenters. The van der Waals surface area contributed by atoms with Crippen molar-refractivity contribution in [2.75, 3.05) is 11.9 Å². The Balaban J connectivity index is 1.37. The molecule has 0 atom stereocenters. The van der Waals surface area contributed by atoms with Gasteiger partial charge in [-0.15, -0.1) is 0 Å². The molecule has 0 aromatic heterocycles. The summed E-state index contributed by atoms with van der Waals surface area (Å²) in [7, 11) is 0. The highest BCUT2D eigenvalue weighted by atomic mass is 16.5. The molecule has 0 bridgehead atoms. The van der Waals surface area contributed by atoms with Crippen LogP contribution in [0.4, 0.5) is 5.69 Å². The van der Waals surface area contributed by atoms with Crippen molar-refractivity contribution < 1.29 is 19.1 Å². The van der Waals surface area contributed by atoms with Crippen LogP contribution in [0, 0.1) is 0 Å². The van der Waals surface area contributed by atoms with Gasteiger partial charge in [0.2, 0.25) is 5.91 Å². The summed E-state index contributed by atoms with van der Waals surface area (Å²) < 4.78 is 5.83. The van der Waals surface area contributed by atoms with Gasteiger partial charge in [-0.3, -0.25) is 14.4 Å². The molecule has 0 spiro atoms. The third-order valence-electron chi connectivity index (χ3n) is 4.94. The van der Waals surface area contributed by atoms with Crippen LogP contribution in [0.5, 0.6) is 5.75 Å². The Morgan fingerprint density at radius 1 is 1.03 bits per heavy atom. The number of carbonyl (C=O) groups is 3. The number of rotatable bonds is 8. The van der Waals surface area contributed by atoms with Gasteiger partial charge in [-0.25, -0.2) is 0 Å². The van der Waals surface area contributed by atoms with Crippen LogP contribution in [0.2, 0.25) is 0 Å². The van der Waals surface area contributed by atoms with Crippen LogP contribution in [-0.4, -0.2) is 29.7 Å². The SMILES string of the molecule is CC1(C)CC(=O)c2cc(NC(=O)CCCCCNC(=O)c3ccccc3)ccc2O1. The summed E-state index contributed by atoms with van der Waals surface area (Å²) in [5.74, 6) is 0.414. The van der Waals surface area contributed by atoms with E-state index in [9.17, 15) is 14.4 Å². The second-order valence-corrected chi connectivity index (χ2v) is 8.15. The third kappa shape index (κ3) is 5.92. The lowest BCUT2D eigenvalue weighted by molar-refractivity contribution is -0.116. The van der Waals surface area contributed by atoms with Gasteiger partial charge in [-0.1, -0.05) is 24.6 Å². The molecule has 158 valence electrons. The maximum atomic E-state index is 12.3. The van der Waals surface area contributed by atoms with Crippen LogP contribution in [0.15, 0.2) is 48.5 Å². The third-order valence-corrected chi connectivity index (χ3v) is 4.94. The average Bonchev–Trinajstić information content (AvgIpc) is 2.71. The van der Waals surface area contributed by atoms with Crippen molar-refractivity contribution in [1.82, 2.24) is 5.32 Å². The quantitative estimate of drug-likeness (QED) is 0.636. The van der Waals surface area contributed by atoms with Gasteiger partial charge in [0.25, 0.3) is 5.91 Å². The number of unbranched alkanes of at least 4 members (excludes halogenated alkanes) is 2. The first kappa shape index (κ1) is 21.6. The maximum absolute atomic E-state index is 12.3. The van der Waals surface area contributed by atoms with E-state index < -0.39 is 5.60 Å². The van der Waals surface area contributed by atoms with Crippen LogP contribution in [0.3, 0.4) is 0 Å². The number of Topliss-reactive ketones (excluding diaryl/α,β-unsaturated/α-hetero) is 1. The number of hydrogen-bond acceptors (Lipinski definition) is 4. The molecule has 3 rings (SSSR count). The lowest BCUT2D eigenvalue weighted by Crippen LogP contribution is -2.35. The normalized spacial score (nSPS) is 14.4. The first-order valence-corrected chi connectivity index (χ1v) is 10.3. The maximum Gasteiger partial charge on any atom is 0.251 e. The number of ketones is 1. The van der Waals surface area contributed by atoms with E-state index in [4.69, 9.17) is 4.74 Å². The lowest BCUT2D eigenvalue weighted by atomic mass is 9.93. The molecule has 0 saturated heterocycles. The molecule has 1 heterocycles. The van der Waals surface area contributed by atoms with Crippen LogP contribution in [-0.2, 0) is 4.79 Å². The lowest BCUT2D eigenvalue weighted by Gasteiger charge is -2.31. The Kier molecular flexibility index (Phi) is 6.87. The molecule has 0 saturated carbocycles. The highest BCUT2D eigenvalue weighted by Gasteiger charge is 2.32. The summed E-state index contributed by atoms with van der Waals surface area (Å²) in [5.41, 5.74) is 1.26. The molecule has 0 radical (unpaired) electrons. The first-order valence-electron chi connectivity index (χ1n) is 10.3. The molecular weight excluding hydrogens is 380 g/mol. The summed E-state index contributed by atoms with van der Waals surface area (Å²) in [6.45, 7) is 4.35. The fourth-order valence-electron chi connectivity index (χ4n) is 3.43.